The van der Waals surface area contributed by atoms with Crippen molar-refractivity contribution in [1.82, 2.24) is 30.2 Å². The maximum Gasteiger partial charge on any atom is 0.317 e. The molecule has 0 spiro atoms. The van der Waals surface area contributed by atoms with E-state index in [1.807, 2.05) is 24.0 Å². The number of rotatable bonds is 6. The van der Waals surface area contributed by atoms with Crippen LogP contribution in [0.3, 0.4) is 0 Å². The second kappa shape index (κ2) is 9.06. The number of pyridine rings is 1. The number of fused-ring (bicyclic) bond motifs is 1. The second-order valence-corrected chi connectivity index (χ2v) is 7.45. The van der Waals surface area contributed by atoms with Gasteiger partial charge in [0.15, 0.2) is 17.5 Å². The van der Waals surface area contributed by atoms with E-state index in [0.29, 0.717) is 25.5 Å². The van der Waals surface area contributed by atoms with E-state index in [2.05, 4.69) is 30.6 Å². The summed E-state index contributed by atoms with van der Waals surface area (Å²) >= 11 is 0. The zero-order valence-corrected chi connectivity index (χ0v) is 17.0. The molecule has 4 heterocycles. The van der Waals surface area contributed by atoms with Gasteiger partial charge in [0.1, 0.15) is 5.65 Å². The van der Waals surface area contributed by atoms with Gasteiger partial charge in [0.25, 0.3) is 0 Å². The largest absolute Gasteiger partial charge is 0.365 e. The lowest BCUT2D eigenvalue weighted by molar-refractivity contribution is 0.155. The Morgan fingerprint density at radius 2 is 2.27 bits per heavy atom. The van der Waals surface area contributed by atoms with Gasteiger partial charge in [0.2, 0.25) is 0 Å². The third-order valence-corrected chi connectivity index (χ3v) is 5.36. The molecule has 0 saturated carbocycles. The molecule has 2 amide bonds. The monoisotopic (exact) mass is 411 g/mol. The van der Waals surface area contributed by atoms with Crippen molar-refractivity contribution >= 4 is 22.9 Å². The van der Waals surface area contributed by atoms with Gasteiger partial charge in [-0.3, -0.25) is 0 Å². The van der Waals surface area contributed by atoms with Crippen LogP contribution in [0.2, 0.25) is 0 Å². The van der Waals surface area contributed by atoms with E-state index < -0.39 is 5.82 Å². The Labute approximate surface area is 174 Å². The van der Waals surface area contributed by atoms with Crippen molar-refractivity contribution in [3.63, 3.8) is 0 Å². The summed E-state index contributed by atoms with van der Waals surface area (Å²) in [7, 11) is 0. The molecule has 4 rings (SSSR count). The zero-order valence-electron chi connectivity index (χ0n) is 17.0. The van der Waals surface area contributed by atoms with Crippen LogP contribution in [0.25, 0.3) is 22.4 Å². The molecule has 9 heteroatoms. The summed E-state index contributed by atoms with van der Waals surface area (Å²) < 4.78 is 14.4. The quantitative estimate of drug-likeness (QED) is 0.576. The third kappa shape index (κ3) is 4.19. The van der Waals surface area contributed by atoms with Gasteiger partial charge >= 0.3 is 6.03 Å². The van der Waals surface area contributed by atoms with Gasteiger partial charge in [-0.1, -0.05) is 6.92 Å². The lowest BCUT2D eigenvalue weighted by Gasteiger charge is -2.36. The van der Waals surface area contributed by atoms with Crippen molar-refractivity contribution in [3.05, 3.63) is 36.5 Å². The summed E-state index contributed by atoms with van der Waals surface area (Å²) in [6.07, 6.45) is 8.44. The molecule has 0 aromatic carbocycles. The third-order valence-electron chi connectivity index (χ3n) is 5.36. The first kappa shape index (κ1) is 20.1. The number of halogens is 1. The van der Waals surface area contributed by atoms with E-state index in [9.17, 15) is 9.18 Å². The molecule has 1 atom stereocenters. The van der Waals surface area contributed by atoms with Crippen molar-refractivity contribution < 1.29 is 9.18 Å². The van der Waals surface area contributed by atoms with E-state index >= 15 is 0 Å². The normalized spacial score (nSPS) is 16.6. The first-order valence-electron chi connectivity index (χ1n) is 10.4. The average molecular weight is 411 g/mol. The Hall–Kier alpha value is -3.23. The predicted octanol–water partition coefficient (Wildman–Crippen LogP) is 3.55. The minimum Gasteiger partial charge on any atom is -0.365 e. The highest BCUT2D eigenvalue weighted by atomic mass is 19.1. The number of carbonyl (C=O) groups excluding carboxylic acids is 1. The summed E-state index contributed by atoms with van der Waals surface area (Å²) in [6, 6.07) is 3.69. The Kier molecular flexibility index (Phi) is 6.06. The lowest BCUT2D eigenvalue weighted by atomic mass is 10.0. The molecule has 1 fully saturated rings. The van der Waals surface area contributed by atoms with Crippen LogP contribution >= 0.6 is 0 Å². The average Bonchev–Trinajstić information content (AvgIpc) is 3.21. The number of likely N-dealkylation sites (tertiary alicyclic amines) is 1. The minimum atomic E-state index is -0.519. The summed E-state index contributed by atoms with van der Waals surface area (Å²) in [5.74, 6) is 0.0339. The Bertz CT molecular complexity index is 1020. The predicted molar refractivity (Wildman–Crippen MR) is 114 cm³/mol. The topological polar surface area (TPSA) is 98.8 Å². The van der Waals surface area contributed by atoms with Crippen LogP contribution in [0.15, 0.2) is 30.7 Å². The summed E-state index contributed by atoms with van der Waals surface area (Å²) in [5, 5.41) is 6.91. The van der Waals surface area contributed by atoms with Crippen molar-refractivity contribution in [1.29, 1.82) is 0 Å². The summed E-state index contributed by atoms with van der Waals surface area (Å²) in [6.45, 7) is 3.82. The highest BCUT2D eigenvalue weighted by Gasteiger charge is 2.26. The molecular formula is C21H26FN7O. The van der Waals surface area contributed by atoms with Crippen LogP contribution in [-0.4, -0.2) is 56.5 Å². The highest BCUT2D eigenvalue weighted by molar-refractivity contribution is 5.91. The van der Waals surface area contributed by atoms with Gasteiger partial charge < -0.3 is 20.5 Å². The Balaban J connectivity index is 1.50. The molecule has 158 valence electrons. The van der Waals surface area contributed by atoms with Crippen molar-refractivity contribution in [2.75, 3.05) is 25.0 Å². The van der Waals surface area contributed by atoms with Gasteiger partial charge in [0.05, 0.1) is 12.2 Å². The number of carbonyl (C=O) groups is 1. The second-order valence-electron chi connectivity index (χ2n) is 7.45. The number of anilines is 1. The van der Waals surface area contributed by atoms with Crippen molar-refractivity contribution in [3.8, 4) is 11.4 Å². The van der Waals surface area contributed by atoms with Crippen LogP contribution < -0.4 is 10.6 Å². The van der Waals surface area contributed by atoms with E-state index in [4.69, 9.17) is 0 Å². The molecule has 1 saturated heterocycles. The zero-order chi connectivity index (χ0) is 20.9. The van der Waals surface area contributed by atoms with Crippen LogP contribution in [0, 0.1) is 5.82 Å². The maximum atomic E-state index is 14.4. The number of urea groups is 1. The molecular weight excluding hydrogens is 385 g/mol. The number of piperidine rings is 1. The van der Waals surface area contributed by atoms with E-state index in [0.717, 1.165) is 42.3 Å². The molecule has 0 unspecified atom stereocenters. The molecule has 30 heavy (non-hydrogen) atoms. The number of aromatic amines is 1. The molecule has 0 bridgehead atoms. The van der Waals surface area contributed by atoms with Gasteiger partial charge in [-0.2, -0.15) is 0 Å². The molecule has 8 nitrogen and oxygen atoms in total. The molecule has 0 aliphatic carbocycles. The molecule has 3 N–H and O–H groups in total. The fourth-order valence-corrected chi connectivity index (χ4v) is 3.79. The van der Waals surface area contributed by atoms with Gasteiger partial charge in [-0.15, -0.1) is 0 Å². The molecule has 0 radical (unpaired) electrons. The Morgan fingerprint density at radius 3 is 3.13 bits per heavy atom. The summed E-state index contributed by atoms with van der Waals surface area (Å²) in [5.41, 5.74) is 1.49. The van der Waals surface area contributed by atoms with E-state index in [1.165, 1.54) is 6.20 Å². The number of hydrogen-bond acceptors (Lipinski definition) is 5. The fraction of sp³-hybridized carbons (Fsp3) is 0.429. The lowest BCUT2D eigenvalue weighted by Crippen LogP contribution is -2.51. The van der Waals surface area contributed by atoms with Gasteiger partial charge in [-0.05, 0) is 37.8 Å². The SMILES string of the molecule is CCCNC(=O)N1CCCC[C@@H]1CNc1nc(-c2c[nH]c3ncccc23)ncc1F. The van der Waals surface area contributed by atoms with E-state index in [1.54, 1.807) is 12.4 Å². The number of nitrogens with zero attached hydrogens (tertiary/aromatic N) is 4. The fourth-order valence-electron chi connectivity index (χ4n) is 3.79. The van der Waals surface area contributed by atoms with Crippen LogP contribution in [0.1, 0.15) is 32.6 Å². The van der Waals surface area contributed by atoms with Gasteiger partial charge in [0, 0.05) is 43.0 Å². The first-order chi connectivity index (χ1) is 14.7. The summed E-state index contributed by atoms with van der Waals surface area (Å²) in [4.78, 5) is 30.2. The molecule has 1 aliphatic heterocycles. The van der Waals surface area contributed by atoms with Crippen molar-refractivity contribution in [2.24, 2.45) is 0 Å². The number of H-pyrrole nitrogens is 1. The van der Waals surface area contributed by atoms with Crippen LogP contribution in [-0.2, 0) is 0 Å². The first-order valence-corrected chi connectivity index (χ1v) is 10.4. The van der Waals surface area contributed by atoms with Crippen LogP contribution in [0.5, 0.6) is 0 Å². The smallest absolute Gasteiger partial charge is 0.317 e. The number of nitrogens with one attached hydrogen (secondary N) is 3. The van der Waals surface area contributed by atoms with Crippen molar-refractivity contribution in [2.45, 2.75) is 38.6 Å². The Morgan fingerprint density at radius 1 is 1.37 bits per heavy atom. The molecule has 1 aliphatic rings. The van der Waals surface area contributed by atoms with Crippen LogP contribution in [0.4, 0.5) is 15.0 Å². The van der Waals surface area contributed by atoms with Gasteiger partial charge in [-0.25, -0.2) is 24.1 Å². The number of amides is 2. The number of aromatic nitrogens is 4. The maximum absolute atomic E-state index is 14.4. The minimum absolute atomic E-state index is 0.00860. The standard InChI is InChI=1S/C21H26FN7O/c1-2-8-24-21(30)29-10-4-3-6-14(29)11-25-20-17(22)13-27-19(28-20)16-12-26-18-15(16)7-5-9-23-18/h5,7,9,12-14H,2-4,6,8,10-11H2,1H3,(H,23,26)(H,24,30)(H,25,27,28)/t14-/m1/s1. The van der Waals surface area contributed by atoms with E-state index in [-0.39, 0.29) is 17.9 Å². The highest BCUT2D eigenvalue weighted by Crippen LogP contribution is 2.26. The molecule has 3 aromatic heterocycles. The number of hydrogen-bond donors (Lipinski definition) is 3. The molecule has 3 aromatic rings.